The Morgan fingerprint density at radius 2 is 1.90 bits per heavy atom. The normalized spacial score (nSPS) is 18.1. The fourth-order valence-corrected chi connectivity index (χ4v) is 2.89. The molecule has 21 heavy (non-hydrogen) atoms. The van der Waals surface area contributed by atoms with Gasteiger partial charge in [-0.15, -0.1) is 0 Å². The molecule has 0 bridgehead atoms. The molecule has 2 N–H and O–H groups in total. The van der Waals surface area contributed by atoms with Crippen LogP contribution in [0.15, 0.2) is 24.3 Å². The molecule has 1 aliphatic rings. The third-order valence-corrected chi connectivity index (χ3v) is 4.26. The highest BCUT2D eigenvalue weighted by molar-refractivity contribution is 5.93. The minimum absolute atomic E-state index is 0.0423. The molecular formula is C17H24N3O+. The Hall–Kier alpha value is -1.86. The van der Waals surface area contributed by atoms with E-state index in [-0.39, 0.29) is 11.9 Å². The van der Waals surface area contributed by atoms with E-state index in [9.17, 15) is 4.79 Å². The van der Waals surface area contributed by atoms with Crippen molar-refractivity contribution in [2.45, 2.75) is 45.1 Å². The maximum absolute atomic E-state index is 12.4. The van der Waals surface area contributed by atoms with Crippen LogP contribution in [0, 0.1) is 11.3 Å². The molecule has 0 unspecified atom stereocenters. The first-order valence-corrected chi connectivity index (χ1v) is 7.86. The van der Waals surface area contributed by atoms with Crippen LogP contribution in [0.4, 0.5) is 5.69 Å². The van der Waals surface area contributed by atoms with Crippen LogP contribution >= 0.6 is 0 Å². The fourth-order valence-electron chi connectivity index (χ4n) is 2.89. The Kier molecular flexibility index (Phi) is 5.77. The number of anilines is 1. The number of carbonyl (C=O) groups is 1. The van der Waals surface area contributed by atoms with Crippen molar-refractivity contribution in [3.8, 4) is 6.07 Å². The largest absolute Gasteiger partial charge is 0.325 e. The molecular weight excluding hydrogens is 262 g/mol. The second-order valence-electron chi connectivity index (χ2n) is 5.83. The van der Waals surface area contributed by atoms with Crippen LogP contribution in [0.1, 0.15) is 44.6 Å². The number of likely N-dealkylation sites (tertiary alicyclic amines) is 1. The molecule has 4 heteroatoms. The van der Waals surface area contributed by atoms with Crippen LogP contribution in [0.2, 0.25) is 0 Å². The molecule has 0 spiro atoms. The number of carbonyl (C=O) groups excluding carboxylic acids is 1. The summed E-state index contributed by atoms with van der Waals surface area (Å²) in [5.41, 5.74) is 1.27. The van der Waals surface area contributed by atoms with Gasteiger partial charge >= 0.3 is 0 Å². The number of nitrogens with one attached hydrogen (secondary N) is 2. The summed E-state index contributed by atoms with van der Waals surface area (Å²) >= 11 is 0. The van der Waals surface area contributed by atoms with Gasteiger partial charge in [-0.1, -0.05) is 12.5 Å². The predicted molar refractivity (Wildman–Crippen MR) is 83.0 cm³/mol. The molecule has 1 heterocycles. The van der Waals surface area contributed by atoms with E-state index < -0.39 is 0 Å². The van der Waals surface area contributed by atoms with E-state index in [4.69, 9.17) is 5.26 Å². The second-order valence-corrected chi connectivity index (χ2v) is 5.83. The molecule has 1 saturated heterocycles. The van der Waals surface area contributed by atoms with E-state index in [2.05, 4.69) is 11.4 Å². The van der Waals surface area contributed by atoms with Gasteiger partial charge in [0.05, 0.1) is 24.7 Å². The zero-order chi connectivity index (χ0) is 15.1. The van der Waals surface area contributed by atoms with Gasteiger partial charge in [0.2, 0.25) is 0 Å². The van der Waals surface area contributed by atoms with E-state index in [0.29, 0.717) is 11.3 Å². The van der Waals surface area contributed by atoms with Gasteiger partial charge in [0.1, 0.15) is 0 Å². The number of hydrogen-bond donors (Lipinski definition) is 2. The molecule has 0 aromatic heterocycles. The van der Waals surface area contributed by atoms with E-state index in [1.165, 1.54) is 37.0 Å². The predicted octanol–water partition coefficient (Wildman–Crippen LogP) is 1.73. The molecule has 0 radical (unpaired) electrons. The van der Waals surface area contributed by atoms with Gasteiger partial charge in [-0.3, -0.25) is 4.79 Å². The van der Waals surface area contributed by atoms with Crippen molar-refractivity contribution in [2.75, 3.05) is 18.4 Å². The zero-order valence-corrected chi connectivity index (χ0v) is 12.7. The fraction of sp³-hybridized carbons (Fsp3) is 0.529. The van der Waals surface area contributed by atoms with Crippen molar-refractivity contribution < 1.29 is 9.69 Å². The lowest BCUT2D eigenvalue weighted by Gasteiger charge is -2.26. The molecule has 1 atom stereocenters. The lowest BCUT2D eigenvalue weighted by Crippen LogP contribution is -3.16. The highest BCUT2D eigenvalue weighted by Crippen LogP contribution is 2.10. The third kappa shape index (κ3) is 4.57. The Bertz CT molecular complexity index is 513. The van der Waals surface area contributed by atoms with Crippen LogP contribution < -0.4 is 10.2 Å². The topological polar surface area (TPSA) is 57.3 Å². The van der Waals surface area contributed by atoms with Crippen LogP contribution in [-0.2, 0) is 4.79 Å². The van der Waals surface area contributed by atoms with E-state index in [0.717, 1.165) is 13.1 Å². The number of hydrogen-bond acceptors (Lipinski definition) is 2. The number of quaternary nitrogens is 1. The first-order chi connectivity index (χ1) is 10.2. The van der Waals surface area contributed by atoms with Gasteiger partial charge in [-0.25, -0.2) is 0 Å². The van der Waals surface area contributed by atoms with Crippen molar-refractivity contribution in [1.82, 2.24) is 0 Å². The maximum Gasteiger partial charge on any atom is 0.282 e. The van der Waals surface area contributed by atoms with E-state index in [1.54, 1.807) is 18.2 Å². The number of amides is 1. The molecule has 1 aliphatic heterocycles. The van der Waals surface area contributed by atoms with E-state index >= 15 is 0 Å². The van der Waals surface area contributed by atoms with Gasteiger partial charge in [-0.05, 0) is 50.8 Å². The van der Waals surface area contributed by atoms with Crippen molar-refractivity contribution in [1.29, 1.82) is 5.26 Å². The Morgan fingerprint density at radius 1 is 1.24 bits per heavy atom. The minimum Gasteiger partial charge on any atom is -0.325 e. The van der Waals surface area contributed by atoms with Crippen molar-refractivity contribution >= 4 is 11.6 Å². The molecule has 112 valence electrons. The summed E-state index contributed by atoms with van der Waals surface area (Å²) in [6.45, 7) is 4.15. The Labute approximate surface area is 126 Å². The lowest BCUT2D eigenvalue weighted by molar-refractivity contribution is -0.914. The molecule has 4 nitrogen and oxygen atoms in total. The monoisotopic (exact) mass is 286 g/mol. The number of benzene rings is 1. The summed E-state index contributed by atoms with van der Waals surface area (Å²) in [5, 5.41) is 11.8. The van der Waals surface area contributed by atoms with Gasteiger partial charge in [0.15, 0.2) is 6.04 Å². The van der Waals surface area contributed by atoms with Crippen molar-refractivity contribution in [3.05, 3.63) is 29.8 Å². The molecule has 1 fully saturated rings. The first-order valence-electron chi connectivity index (χ1n) is 7.86. The second kappa shape index (κ2) is 7.80. The number of nitriles is 1. The third-order valence-electron chi connectivity index (χ3n) is 4.26. The SMILES string of the molecule is C[C@H](C(=O)Nc1cccc(C#N)c1)[NH+]1CCCCCCC1. The van der Waals surface area contributed by atoms with Gasteiger partial charge in [-0.2, -0.15) is 5.26 Å². The lowest BCUT2D eigenvalue weighted by atomic mass is 10.1. The van der Waals surface area contributed by atoms with Crippen LogP contribution in [0.25, 0.3) is 0 Å². The smallest absolute Gasteiger partial charge is 0.282 e. The average Bonchev–Trinajstić information content (AvgIpc) is 2.46. The van der Waals surface area contributed by atoms with Gasteiger partial charge in [0.25, 0.3) is 5.91 Å². The summed E-state index contributed by atoms with van der Waals surface area (Å²) in [6, 6.07) is 9.12. The summed E-state index contributed by atoms with van der Waals surface area (Å²) < 4.78 is 0. The highest BCUT2D eigenvalue weighted by Gasteiger charge is 2.25. The summed E-state index contributed by atoms with van der Waals surface area (Å²) in [5.74, 6) is 0.0423. The average molecular weight is 286 g/mol. The van der Waals surface area contributed by atoms with Crippen LogP contribution in [0.5, 0.6) is 0 Å². The Balaban J connectivity index is 1.96. The quantitative estimate of drug-likeness (QED) is 0.889. The van der Waals surface area contributed by atoms with Crippen molar-refractivity contribution in [3.63, 3.8) is 0 Å². The van der Waals surface area contributed by atoms with E-state index in [1.807, 2.05) is 13.0 Å². The summed E-state index contributed by atoms with van der Waals surface area (Å²) in [6.07, 6.45) is 6.30. The van der Waals surface area contributed by atoms with Crippen molar-refractivity contribution in [2.24, 2.45) is 0 Å². The van der Waals surface area contributed by atoms with Crippen LogP contribution in [-0.4, -0.2) is 25.0 Å². The summed E-state index contributed by atoms with van der Waals surface area (Å²) in [4.78, 5) is 13.8. The zero-order valence-electron chi connectivity index (χ0n) is 12.7. The minimum atomic E-state index is -0.0474. The van der Waals surface area contributed by atoms with Gasteiger partial charge < -0.3 is 10.2 Å². The molecule has 0 aliphatic carbocycles. The van der Waals surface area contributed by atoms with Crippen LogP contribution in [0.3, 0.4) is 0 Å². The maximum atomic E-state index is 12.4. The summed E-state index contributed by atoms with van der Waals surface area (Å²) in [7, 11) is 0. The number of nitrogens with zero attached hydrogens (tertiary/aromatic N) is 1. The molecule has 2 rings (SSSR count). The molecule has 1 amide bonds. The van der Waals surface area contributed by atoms with Gasteiger partial charge in [0, 0.05) is 5.69 Å². The number of rotatable bonds is 3. The molecule has 1 aromatic carbocycles. The standard InChI is InChI=1S/C17H23N3O/c1-14(20-10-5-3-2-4-6-11-20)17(21)19-16-9-7-8-15(12-16)13-18/h7-9,12,14H,2-6,10-11H2,1H3,(H,19,21)/p+1/t14-/m1/s1. The first kappa shape index (κ1) is 15.5. The highest BCUT2D eigenvalue weighted by atomic mass is 16.2. The molecule has 1 aromatic rings. The Morgan fingerprint density at radius 3 is 2.57 bits per heavy atom. The molecule has 0 saturated carbocycles.